The number of fused-ring (bicyclic) bond motifs is 1. The maximum Gasteiger partial charge on any atom is 0.231 e. The molecule has 0 radical (unpaired) electrons. The lowest BCUT2D eigenvalue weighted by atomic mass is 10.2. The molecule has 0 unspecified atom stereocenters. The van der Waals surface area contributed by atoms with Gasteiger partial charge in [0, 0.05) is 5.56 Å². The lowest BCUT2D eigenvalue weighted by Crippen LogP contribution is -1.93. The van der Waals surface area contributed by atoms with Crippen LogP contribution in [0.3, 0.4) is 0 Å². The first-order valence-electron chi connectivity index (χ1n) is 5.04. The summed E-state index contributed by atoms with van der Waals surface area (Å²) < 4.78 is 11.0. The average molecular weight is 382 g/mol. The molecule has 1 aromatic heterocycles. The third kappa shape index (κ3) is 2.36. The van der Waals surface area contributed by atoms with Gasteiger partial charge in [-0.3, -0.25) is 0 Å². The SMILES string of the molecule is Clc1cc(-c2nc(Cl)c(Br)c(Cl)n2)cc2c1OCO2. The van der Waals surface area contributed by atoms with Gasteiger partial charge in [-0.05, 0) is 28.1 Å². The van der Waals surface area contributed by atoms with Crippen molar-refractivity contribution >= 4 is 50.7 Å². The van der Waals surface area contributed by atoms with Crippen LogP contribution in [-0.2, 0) is 0 Å². The van der Waals surface area contributed by atoms with Crippen molar-refractivity contribution in [2.24, 2.45) is 0 Å². The van der Waals surface area contributed by atoms with Gasteiger partial charge in [-0.2, -0.15) is 0 Å². The van der Waals surface area contributed by atoms with Gasteiger partial charge >= 0.3 is 0 Å². The average Bonchev–Trinajstić information content (AvgIpc) is 2.84. The zero-order chi connectivity index (χ0) is 13.6. The Hall–Kier alpha value is -0.750. The van der Waals surface area contributed by atoms with E-state index in [-0.39, 0.29) is 17.1 Å². The Bertz CT molecular complexity index is 658. The van der Waals surface area contributed by atoms with Gasteiger partial charge in [-0.1, -0.05) is 34.8 Å². The van der Waals surface area contributed by atoms with Gasteiger partial charge in [0.25, 0.3) is 0 Å². The van der Waals surface area contributed by atoms with E-state index in [1.54, 1.807) is 12.1 Å². The molecule has 0 saturated carbocycles. The lowest BCUT2D eigenvalue weighted by Gasteiger charge is -2.06. The predicted molar refractivity (Wildman–Crippen MR) is 76.3 cm³/mol. The first-order chi connectivity index (χ1) is 9.06. The number of nitrogens with zero attached hydrogens (tertiary/aromatic N) is 2. The molecule has 1 aromatic carbocycles. The van der Waals surface area contributed by atoms with Crippen LogP contribution in [0.4, 0.5) is 0 Å². The van der Waals surface area contributed by atoms with Crippen LogP contribution in [0.2, 0.25) is 15.3 Å². The summed E-state index contributed by atoms with van der Waals surface area (Å²) in [6.07, 6.45) is 0. The fourth-order valence-corrected chi connectivity index (χ4v) is 2.45. The Balaban J connectivity index is 2.15. The van der Waals surface area contributed by atoms with E-state index in [9.17, 15) is 0 Å². The van der Waals surface area contributed by atoms with Crippen LogP contribution < -0.4 is 9.47 Å². The molecule has 0 spiro atoms. The van der Waals surface area contributed by atoms with Crippen LogP contribution in [-0.4, -0.2) is 16.8 Å². The standard InChI is InChI=1S/C11H4BrCl3N2O2/c12-7-9(14)16-11(17-10(7)15)4-1-5(13)8-6(2-4)18-3-19-8/h1-2H,3H2. The van der Waals surface area contributed by atoms with Gasteiger partial charge in [0.2, 0.25) is 6.79 Å². The Morgan fingerprint density at radius 1 is 1.05 bits per heavy atom. The highest BCUT2D eigenvalue weighted by Gasteiger charge is 2.20. The number of aromatic nitrogens is 2. The maximum absolute atomic E-state index is 6.10. The molecule has 1 aliphatic rings. The molecule has 0 atom stereocenters. The first-order valence-corrected chi connectivity index (χ1v) is 6.97. The molecular weight excluding hydrogens is 378 g/mol. The van der Waals surface area contributed by atoms with Crippen molar-refractivity contribution in [3.05, 3.63) is 31.9 Å². The second-order valence-electron chi connectivity index (χ2n) is 3.63. The molecule has 0 fully saturated rings. The third-order valence-electron chi connectivity index (χ3n) is 2.46. The predicted octanol–water partition coefficient (Wildman–Crippen LogP) is 4.60. The number of ether oxygens (including phenoxy) is 2. The second kappa shape index (κ2) is 4.98. The molecule has 0 N–H and O–H groups in total. The Morgan fingerprint density at radius 2 is 1.74 bits per heavy atom. The minimum Gasteiger partial charge on any atom is -0.454 e. The molecule has 2 aromatic rings. The molecule has 0 amide bonds. The zero-order valence-electron chi connectivity index (χ0n) is 9.08. The Morgan fingerprint density at radius 3 is 2.42 bits per heavy atom. The molecule has 98 valence electrons. The van der Waals surface area contributed by atoms with Crippen molar-refractivity contribution in [1.29, 1.82) is 0 Å². The van der Waals surface area contributed by atoms with Crippen LogP contribution in [0.15, 0.2) is 16.6 Å². The highest BCUT2D eigenvalue weighted by Crippen LogP contribution is 2.42. The molecule has 3 rings (SSSR count). The second-order valence-corrected chi connectivity index (χ2v) is 5.55. The van der Waals surface area contributed by atoms with E-state index in [4.69, 9.17) is 44.3 Å². The van der Waals surface area contributed by atoms with Crippen LogP contribution in [0, 0.1) is 0 Å². The van der Waals surface area contributed by atoms with E-state index in [1.165, 1.54) is 0 Å². The number of halogens is 4. The summed E-state index contributed by atoms with van der Waals surface area (Å²) >= 11 is 21.2. The quantitative estimate of drug-likeness (QED) is 0.677. The van der Waals surface area contributed by atoms with Gasteiger partial charge in [0.1, 0.15) is 10.3 Å². The summed E-state index contributed by atoms with van der Waals surface area (Å²) in [6, 6.07) is 3.40. The topological polar surface area (TPSA) is 44.2 Å². The Kier molecular flexibility index (Phi) is 3.47. The van der Waals surface area contributed by atoms with Crippen molar-refractivity contribution in [2.45, 2.75) is 0 Å². The van der Waals surface area contributed by atoms with Crippen LogP contribution in [0.5, 0.6) is 11.5 Å². The summed E-state index contributed by atoms with van der Waals surface area (Å²) in [5.74, 6) is 1.42. The molecule has 4 nitrogen and oxygen atoms in total. The fraction of sp³-hybridized carbons (Fsp3) is 0.0909. The summed E-state index contributed by atoms with van der Waals surface area (Å²) in [5.41, 5.74) is 0.644. The largest absolute Gasteiger partial charge is 0.454 e. The van der Waals surface area contributed by atoms with Crippen molar-refractivity contribution in [3.8, 4) is 22.9 Å². The minimum atomic E-state index is 0.140. The maximum atomic E-state index is 6.10. The lowest BCUT2D eigenvalue weighted by molar-refractivity contribution is 0.174. The van der Waals surface area contributed by atoms with E-state index in [0.29, 0.717) is 32.4 Å². The van der Waals surface area contributed by atoms with Crippen LogP contribution >= 0.6 is 50.7 Å². The zero-order valence-corrected chi connectivity index (χ0v) is 12.9. The minimum absolute atomic E-state index is 0.140. The van der Waals surface area contributed by atoms with Crippen LogP contribution in [0.1, 0.15) is 0 Å². The summed E-state index contributed by atoms with van der Waals surface area (Å²) in [5, 5.41) is 0.872. The molecule has 8 heteroatoms. The van der Waals surface area contributed by atoms with Gasteiger partial charge in [0.05, 0.1) is 9.50 Å². The van der Waals surface area contributed by atoms with Crippen molar-refractivity contribution in [1.82, 2.24) is 9.97 Å². The van der Waals surface area contributed by atoms with Gasteiger partial charge in [-0.15, -0.1) is 0 Å². The molecule has 2 heterocycles. The van der Waals surface area contributed by atoms with Gasteiger partial charge < -0.3 is 9.47 Å². The highest BCUT2D eigenvalue weighted by atomic mass is 79.9. The van der Waals surface area contributed by atoms with E-state index in [0.717, 1.165) is 0 Å². The van der Waals surface area contributed by atoms with Gasteiger partial charge in [0.15, 0.2) is 17.3 Å². The monoisotopic (exact) mass is 380 g/mol. The normalized spacial score (nSPS) is 12.8. The number of rotatable bonds is 1. The number of hydrogen-bond donors (Lipinski definition) is 0. The molecular formula is C11H4BrCl3N2O2. The van der Waals surface area contributed by atoms with E-state index < -0.39 is 0 Å². The molecule has 0 saturated heterocycles. The van der Waals surface area contributed by atoms with E-state index in [1.807, 2.05) is 0 Å². The first kappa shape index (κ1) is 13.2. The number of benzene rings is 1. The number of hydrogen-bond acceptors (Lipinski definition) is 4. The summed E-state index contributed by atoms with van der Waals surface area (Å²) in [6.45, 7) is 0.140. The summed E-state index contributed by atoms with van der Waals surface area (Å²) in [7, 11) is 0. The fourth-order valence-electron chi connectivity index (χ4n) is 1.62. The van der Waals surface area contributed by atoms with Crippen LogP contribution in [0.25, 0.3) is 11.4 Å². The molecule has 1 aliphatic heterocycles. The summed E-state index contributed by atoms with van der Waals surface area (Å²) in [4.78, 5) is 8.28. The smallest absolute Gasteiger partial charge is 0.231 e. The molecule has 0 bridgehead atoms. The third-order valence-corrected chi connectivity index (χ3v) is 4.49. The van der Waals surface area contributed by atoms with Gasteiger partial charge in [-0.25, -0.2) is 9.97 Å². The van der Waals surface area contributed by atoms with Crippen molar-refractivity contribution in [3.63, 3.8) is 0 Å². The molecule has 19 heavy (non-hydrogen) atoms. The Labute approximate surface area is 131 Å². The van der Waals surface area contributed by atoms with E-state index >= 15 is 0 Å². The highest BCUT2D eigenvalue weighted by molar-refractivity contribution is 9.10. The molecule has 0 aliphatic carbocycles. The van der Waals surface area contributed by atoms with Crippen molar-refractivity contribution in [2.75, 3.05) is 6.79 Å². The van der Waals surface area contributed by atoms with Crippen molar-refractivity contribution < 1.29 is 9.47 Å². The van der Waals surface area contributed by atoms with E-state index in [2.05, 4.69) is 25.9 Å².